The third-order valence-electron chi connectivity index (χ3n) is 2.91. The van der Waals surface area contributed by atoms with Crippen molar-refractivity contribution in [2.45, 2.75) is 33.7 Å². The molecule has 20 heavy (non-hydrogen) atoms. The highest BCUT2D eigenvalue weighted by Gasteiger charge is 2.20. The van der Waals surface area contributed by atoms with E-state index in [0.717, 1.165) is 17.1 Å². The molecular formula is C16H20N2OS. The molecule has 1 amide bonds. The summed E-state index contributed by atoms with van der Waals surface area (Å²) >= 11 is 1.64. The van der Waals surface area contributed by atoms with Gasteiger partial charge in [-0.15, -0.1) is 11.3 Å². The number of carbonyl (C=O) groups excluding carboxylic acids is 1. The van der Waals surface area contributed by atoms with Gasteiger partial charge in [-0.3, -0.25) is 4.79 Å². The first kappa shape index (κ1) is 14.7. The van der Waals surface area contributed by atoms with Crippen molar-refractivity contribution in [3.05, 3.63) is 52.0 Å². The fraction of sp³-hybridized carbons (Fsp3) is 0.375. The highest BCUT2D eigenvalue weighted by atomic mass is 32.1. The van der Waals surface area contributed by atoms with Gasteiger partial charge in [-0.1, -0.05) is 51.1 Å². The molecule has 1 aromatic carbocycles. The van der Waals surface area contributed by atoms with Crippen LogP contribution in [0.15, 0.2) is 35.7 Å². The monoisotopic (exact) mass is 288 g/mol. The highest BCUT2D eigenvalue weighted by molar-refractivity contribution is 7.09. The van der Waals surface area contributed by atoms with Crippen molar-refractivity contribution < 1.29 is 4.79 Å². The Balaban J connectivity index is 1.91. The molecule has 0 bridgehead atoms. The molecule has 0 spiro atoms. The molecule has 1 aromatic heterocycles. The van der Waals surface area contributed by atoms with Crippen molar-refractivity contribution in [3.63, 3.8) is 0 Å². The molecule has 0 saturated carbocycles. The van der Waals surface area contributed by atoms with E-state index in [1.807, 2.05) is 44.4 Å². The fourth-order valence-corrected chi connectivity index (χ4v) is 2.55. The molecular weight excluding hydrogens is 268 g/mol. The van der Waals surface area contributed by atoms with Gasteiger partial charge in [-0.25, -0.2) is 4.98 Å². The SMILES string of the molecule is CC(C)(C)C(=O)NCc1csc(Cc2ccccc2)n1. The van der Waals surface area contributed by atoms with Gasteiger partial charge >= 0.3 is 0 Å². The van der Waals surface area contributed by atoms with Crippen molar-refractivity contribution >= 4 is 17.2 Å². The molecule has 106 valence electrons. The smallest absolute Gasteiger partial charge is 0.225 e. The zero-order chi connectivity index (χ0) is 14.6. The third kappa shape index (κ3) is 4.17. The lowest BCUT2D eigenvalue weighted by atomic mass is 9.96. The lowest BCUT2D eigenvalue weighted by Crippen LogP contribution is -2.34. The van der Waals surface area contributed by atoms with Crippen molar-refractivity contribution in [2.24, 2.45) is 5.41 Å². The van der Waals surface area contributed by atoms with Gasteiger partial charge in [0.1, 0.15) is 0 Å². The Bertz CT molecular complexity index is 570. The lowest BCUT2D eigenvalue weighted by Gasteiger charge is -2.16. The zero-order valence-corrected chi connectivity index (χ0v) is 13.0. The number of aromatic nitrogens is 1. The molecule has 0 radical (unpaired) electrons. The molecule has 3 nitrogen and oxygen atoms in total. The van der Waals surface area contributed by atoms with Gasteiger partial charge < -0.3 is 5.32 Å². The van der Waals surface area contributed by atoms with E-state index in [-0.39, 0.29) is 11.3 Å². The van der Waals surface area contributed by atoms with Gasteiger partial charge in [0, 0.05) is 17.2 Å². The minimum Gasteiger partial charge on any atom is -0.350 e. The van der Waals surface area contributed by atoms with E-state index in [0.29, 0.717) is 6.54 Å². The Hall–Kier alpha value is -1.68. The van der Waals surface area contributed by atoms with Crippen LogP contribution in [0.4, 0.5) is 0 Å². The average Bonchev–Trinajstić information content (AvgIpc) is 2.83. The predicted octanol–water partition coefficient (Wildman–Crippen LogP) is 3.40. The van der Waals surface area contributed by atoms with Crippen molar-refractivity contribution in [2.75, 3.05) is 0 Å². The van der Waals surface area contributed by atoms with E-state index in [1.165, 1.54) is 5.56 Å². The summed E-state index contributed by atoms with van der Waals surface area (Å²) in [5, 5.41) is 6.02. The summed E-state index contributed by atoms with van der Waals surface area (Å²) in [6.45, 7) is 6.22. The predicted molar refractivity (Wildman–Crippen MR) is 82.7 cm³/mol. The van der Waals surface area contributed by atoms with Crippen LogP contribution in [0.2, 0.25) is 0 Å². The van der Waals surface area contributed by atoms with E-state index in [9.17, 15) is 4.79 Å². The highest BCUT2D eigenvalue weighted by Crippen LogP contribution is 2.16. The number of rotatable bonds is 4. The molecule has 1 N–H and O–H groups in total. The maximum absolute atomic E-state index is 11.8. The summed E-state index contributed by atoms with van der Waals surface area (Å²) in [4.78, 5) is 16.4. The van der Waals surface area contributed by atoms with E-state index in [4.69, 9.17) is 0 Å². The number of benzene rings is 1. The van der Waals surface area contributed by atoms with Crippen LogP contribution in [-0.4, -0.2) is 10.9 Å². The van der Waals surface area contributed by atoms with Crippen LogP contribution in [0.5, 0.6) is 0 Å². The van der Waals surface area contributed by atoms with E-state index in [1.54, 1.807) is 11.3 Å². The van der Waals surface area contributed by atoms with Gasteiger partial charge in [0.2, 0.25) is 5.91 Å². The summed E-state index contributed by atoms with van der Waals surface area (Å²) in [5.74, 6) is 0.0510. The number of carbonyl (C=O) groups is 1. The molecule has 0 aliphatic heterocycles. The van der Waals surface area contributed by atoms with Crippen LogP contribution in [0.25, 0.3) is 0 Å². The number of thiazole rings is 1. The molecule has 0 saturated heterocycles. The summed E-state index contributed by atoms with van der Waals surface area (Å²) in [6.07, 6.45) is 0.846. The van der Waals surface area contributed by atoms with E-state index < -0.39 is 0 Å². The molecule has 0 aliphatic carbocycles. The summed E-state index contributed by atoms with van der Waals surface area (Å²) in [5.41, 5.74) is 1.83. The summed E-state index contributed by atoms with van der Waals surface area (Å²) in [6, 6.07) is 10.3. The quantitative estimate of drug-likeness (QED) is 0.937. The Labute approximate surface area is 124 Å². The third-order valence-corrected chi connectivity index (χ3v) is 3.81. The second-order valence-electron chi connectivity index (χ2n) is 5.83. The Morgan fingerprint density at radius 1 is 1.25 bits per heavy atom. The normalized spacial score (nSPS) is 11.3. The minimum atomic E-state index is -0.358. The van der Waals surface area contributed by atoms with Crippen LogP contribution >= 0.6 is 11.3 Å². The first-order valence-electron chi connectivity index (χ1n) is 6.70. The second kappa shape index (κ2) is 6.18. The summed E-state index contributed by atoms with van der Waals surface area (Å²) < 4.78 is 0. The molecule has 0 unspecified atom stereocenters. The van der Waals surface area contributed by atoms with Gasteiger partial charge in [-0.2, -0.15) is 0 Å². The molecule has 1 heterocycles. The first-order chi connectivity index (χ1) is 9.45. The molecule has 0 aliphatic rings. The largest absolute Gasteiger partial charge is 0.350 e. The number of hydrogen-bond acceptors (Lipinski definition) is 3. The Morgan fingerprint density at radius 3 is 2.60 bits per heavy atom. The standard InChI is InChI=1S/C16H20N2OS/c1-16(2,3)15(19)17-10-13-11-20-14(18-13)9-12-7-5-4-6-8-12/h4-8,11H,9-10H2,1-3H3,(H,17,19). The van der Waals surface area contributed by atoms with Crippen LogP contribution in [0.1, 0.15) is 37.0 Å². The van der Waals surface area contributed by atoms with Crippen LogP contribution in [-0.2, 0) is 17.8 Å². The van der Waals surface area contributed by atoms with Crippen molar-refractivity contribution in [1.29, 1.82) is 0 Å². The van der Waals surface area contributed by atoms with Crippen molar-refractivity contribution in [3.8, 4) is 0 Å². The number of hydrogen-bond donors (Lipinski definition) is 1. The van der Waals surface area contributed by atoms with Gasteiger partial charge in [0.05, 0.1) is 17.2 Å². The van der Waals surface area contributed by atoms with Crippen molar-refractivity contribution in [1.82, 2.24) is 10.3 Å². The minimum absolute atomic E-state index is 0.0510. The topological polar surface area (TPSA) is 42.0 Å². The number of amides is 1. The first-order valence-corrected chi connectivity index (χ1v) is 7.58. The van der Waals surface area contributed by atoms with Gasteiger partial charge in [0.15, 0.2) is 0 Å². The molecule has 2 rings (SSSR count). The van der Waals surface area contributed by atoms with Crippen LogP contribution in [0.3, 0.4) is 0 Å². The summed E-state index contributed by atoms with van der Waals surface area (Å²) in [7, 11) is 0. The Morgan fingerprint density at radius 2 is 1.95 bits per heavy atom. The van der Waals surface area contributed by atoms with Gasteiger partial charge in [0.25, 0.3) is 0 Å². The molecule has 2 aromatic rings. The van der Waals surface area contributed by atoms with Crippen LogP contribution in [0, 0.1) is 5.41 Å². The second-order valence-corrected chi connectivity index (χ2v) is 6.77. The molecule has 4 heteroatoms. The number of nitrogens with one attached hydrogen (secondary N) is 1. The maximum Gasteiger partial charge on any atom is 0.225 e. The number of nitrogens with zero attached hydrogens (tertiary/aromatic N) is 1. The Kier molecular flexibility index (Phi) is 4.55. The van der Waals surface area contributed by atoms with Crippen LogP contribution < -0.4 is 5.32 Å². The zero-order valence-electron chi connectivity index (χ0n) is 12.1. The molecule has 0 fully saturated rings. The van der Waals surface area contributed by atoms with E-state index >= 15 is 0 Å². The molecule has 0 atom stereocenters. The maximum atomic E-state index is 11.8. The fourth-order valence-electron chi connectivity index (χ4n) is 1.72. The lowest BCUT2D eigenvalue weighted by molar-refractivity contribution is -0.128. The van der Waals surface area contributed by atoms with E-state index in [2.05, 4.69) is 22.4 Å². The average molecular weight is 288 g/mol. The van der Waals surface area contributed by atoms with Gasteiger partial charge in [-0.05, 0) is 5.56 Å².